The monoisotopic (exact) mass is 570 g/mol. The number of ketones is 1. The summed E-state index contributed by atoms with van der Waals surface area (Å²) in [5.74, 6) is 4.78. The third kappa shape index (κ3) is 7.15. The van der Waals surface area contributed by atoms with Crippen LogP contribution in [0.2, 0.25) is 0 Å². The summed E-state index contributed by atoms with van der Waals surface area (Å²) in [6, 6.07) is 0. The zero-order valence-electron chi connectivity index (χ0n) is 27.8. The molecular formula is C37H62O4. The number of Topliss-reactive ketones (excluding diaryl/α,β-unsaturated/α-hetero) is 1. The Bertz CT molecular complexity index is 935. The molecule has 4 heteroatoms. The van der Waals surface area contributed by atoms with Crippen molar-refractivity contribution in [1.82, 2.24) is 0 Å². The predicted octanol–water partition coefficient (Wildman–Crippen LogP) is 9.21. The van der Waals surface area contributed by atoms with E-state index >= 15 is 0 Å². The maximum Gasteiger partial charge on any atom is 0.309 e. The summed E-state index contributed by atoms with van der Waals surface area (Å²) < 4.78 is 11.2. The van der Waals surface area contributed by atoms with Gasteiger partial charge in [-0.15, -0.1) is 0 Å². The van der Waals surface area contributed by atoms with E-state index in [1.807, 2.05) is 0 Å². The molecule has 234 valence electrons. The Kier molecular flexibility index (Phi) is 10.9. The van der Waals surface area contributed by atoms with Crippen LogP contribution in [0.3, 0.4) is 0 Å². The maximum atomic E-state index is 13.3. The van der Waals surface area contributed by atoms with Crippen LogP contribution in [-0.2, 0) is 19.1 Å². The second-order valence-electron chi connectivity index (χ2n) is 16.1. The minimum Gasteiger partial charge on any atom is -0.462 e. The molecule has 41 heavy (non-hydrogen) atoms. The lowest BCUT2D eigenvalue weighted by molar-refractivity contribution is -0.158. The Labute approximate surface area is 252 Å². The first kappa shape index (κ1) is 32.7. The van der Waals surface area contributed by atoms with E-state index in [1.54, 1.807) is 5.57 Å². The third-order valence-electron chi connectivity index (χ3n) is 12.4. The lowest BCUT2D eigenvalue weighted by Crippen LogP contribution is -2.51. The van der Waals surface area contributed by atoms with Gasteiger partial charge in [0.1, 0.15) is 12.7 Å². The Hall–Kier alpha value is -1.16. The predicted molar refractivity (Wildman–Crippen MR) is 167 cm³/mol. The number of carbonyl (C=O) groups is 2. The molecule has 0 amide bonds. The molecule has 0 aromatic rings. The Balaban J connectivity index is 1.40. The van der Waals surface area contributed by atoms with Crippen molar-refractivity contribution in [3.8, 4) is 0 Å². The first-order chi connectivity index (χ1) is 19.4. The highest BCUT2D eigenvalue weighted by Crippen LogP contribution is 2.67. The molecule has 0 heterocycles. The topological polar surface area (TPSA) is 52.6 Å². The number of ether oxygens (including phenoxy) is 2. The van der Waals surface area contributed by atoms with Gasteiger partial charge in [0.05, 0.1) is 5.92 Å². The van der Waals surface area contributed by atoms with Gasteiger partial charge in [0, 0.05) is 20.0 Å². The van der Waals surface area contributed by atoms with E-state index in [0.29, 0.717) is 17.8 Å². The molecule has 0 bridgehead atoms. The zero-order chi connectivity index (χ0) is 29.9. The van der Waals surface area contributed by atoms with Crippen LogP contribution < -0.4 is 0 Å². The van der Waals surface area contributed by atoms with E-state index in [1.165, 1.54) is 58.5 Å². The largest absolute Gasteiger partial charge is 0.462 e. The number of rotatable bonds is 13. The fourth-order valence-corrected chi connectivity index (χ4v) is 10.3. The summed E-state index contributed by atoms with van der Waals surface area (Å²) in [6.45, 7) is 16.8. The Morgan fingerprint density at radius 3 is 2.39 bits per heavy atom. The van der Waals surface area contributed by atoms with Gasteiger partial charge in [-0.3, -0.25) is 9.59 Å². The quantitative estimate of drug-likeness (QED) is 0.164. The van der Waals surface area contributed by atoms with E-state index in [9.17, 15) is 9.59 Å². The summed E-state index contributed by atoms with van der Waals surface area (Å²) in [6.07, 6.45) is 17.4. The molecule has 0 spiro atoms. The van der Waals surface area contributed by atoms with E-state index in [0.717, 1.165) is 54.8 Å². The van der Waals surface area contributed by atoms with Gasteiger partial charge >= 0.3 is 5.97 Å². The van der Waals surface area contributed by atoms with Crippen molar-refractivity contribution in [1.29, 1.82) is 0 Å². The van der Waals surface area contributed by atoms with Crippen LogP contribution in [0.1, 0.15) is 132 Å². The van der Waals surface area contributed by atoms with Crippen LogP contribution in [0.5, 0.6) is 0 Å². The average Bonchev–Trinajstić information content (AvgIpc) is 3.25. The van der Waals surface area contributed by atoms with Crippen LogP contribution >= 0.6 is 0 Å². The molecule has 0 saturated heterocycles. The van der Waals surface area contributed by atoms with Crippen LogP contribution in [-0.4, -0.2) is 31.6 Å². The van der Waals surface area contributed by atoms with Gasteiger partial charge in [0.2, 0.25) is 0 Å². The number of hydrogen-bond acceptors (Lipinski definition) is 4. The molecule has 1 unspecified atom stereocenters. The number of fused-ring (bicyclic) bond motifs is 5. The van der Waals surface area contributed by atoms with Crippen molar-refractivity contribution in [3.05, 3.63) is 11.6 Å². The fourth-order valence-electron chi connectivity index (χ4n) is 10.3. The highest BCUT2D eigenvalue weighted by molar-refractivity contribution is 5.85. The average molecular weight is 571 g/mol. The van der Waals surface area contributed by atoms with Crippen molar-refractivity contribution < 1.29 is 19.1 Å². The highest BCUT2D eigenvalue weighted by atomic mass is 16.5. The van der Waals surface area contributed by atoms with Crippen molar-refractivity contribution in [2.75, 3.05) is 13.7 Å². The fraction of sp³-hybridized carbons (Fsp3) is 0.892. The van der Waals surface area contributed by atoms with E-state index in [-0.39, 0.29) is 42.2 Å². The SMILES string of the molecule is COCC(=O)CC(CC(C)C)C(=O)O[C@H]1CC[C@@]2(C)C(=CC[C@H]3[C@@H]4CC[C@H]([C@H](C)CCCC(C)C)[C@@]4(C)CC[C@@H]32)C1. The number of carbonyl (C=O) groups excluding carboxylic acids is 2. The van der Waals surface area contributed by atoms with E-state index in [2.05, 4.69) is 54.5 Å². The van der Waals surface area contributed by atoms with Crippen LogP contribution in [0.25, 0.3) is 0 Å². The second-order valence-corrected chi connectivity index (χ2v) is 16.1. The molecule has 4 aliphatic rings. The molecule has 3 saturated carbocycles. The molecule has 0 aliphatic heterocycles. The smallest absolute Gasteiger partial charge is 0.309 e. The van der Waals surface area contributed by atoms with Crippen molar-refractivity contribution in [2.24, 2.45) is 58.2 Å². The minimum atomic E-state index is -0.366. The summed E-state index contributed by atoms with van der Waals surface area (Å²) in [4.78, 5) is 25.5. The molecule has 4 nitrogen and oxygen atoms in total. The zero-order valence-corrected chi connectivity index (χ0v) is 27.8. The first-order valence-electron chi connectivity index (χ1n) is 17.3. The minimum absolute atomic E-state index is 0.0178. The number of allylic oxidation sites excluding steroid dienone is 1. The molecule has 0 radical (unpaired) electrons. The molecule has 3 fully saturated rings. The van der Waals surface area contributed by atoms with Crippen LogP contribution in [0.4, 0.5) is 0 Å². The number of hydrogen-bond donors (Lipinski definition) is 0. The summed E-state index contributed by atoms with van der Waals surface area (Å²) >= 11 is 0. The van der Waals surface area contributed by atoms with Gasteiger partial charge < -0.3 is 9.47 Å². The van der Waals surface area contributed by atoms with Gasteiger partial charge in [-0.05, 0) is 104 Å². The van der Waals surface area contributed by atoms with E-state index in [4.69, 9.17) is 9.47 Å². The molecule has 0 N–H and O–H groups in total. The standard InChI is InChI=1S/C37H62O4/c1-24(2)10-9-11-26(5)32-14-15-33-31-13-12-28-22-30(16-18-36(28,6)34(31)17-19-37(32,33)7)41-35(39)27(20-25(3)4)21-29(38)23-40-8/h12,24-27,30-34H,9-11,13-23H2,1-8H3/t26-,27?,30+,31+,32-,33+,34+,36+,37-/m1/s1. The number of methoxy groups -OCH3 is 1. The molecule has 0 aromatic heterocycles. The molecular weight excluding hydrogens is 508 g/mol. The van der Waals surface area contributed by atoms with Gasteiger partial charge in [0.15, 0.2) is 5.78 Å². The van der Waals surface area contributed by atoms with Gasteiger partial charge in [-0.1, -0.05) is 79.4 Å². The Morgan fingerprint density at radius 2 is 1.71 bits per heavy atom. The lowest BCUT2D eigenvalue weighted by atomic mass is 9.47. The van der Waals surface area contributed by atoms with E-state index < -0.39 is 0 Å². The van der Waals surface area contributed by atoms with Crippen molar-refractivity contribution >= 4 is 11.8 Å². The summed E-state index contributed by atoms with van der Waals surface area (Å²) in [5.41, 5.74) is 2.32. The van der Waals surface area contributed by atoms with Crippen molar-refractivity contribution in [3.63, 3.8) is 0 Å². The number of esters is 1. The van der Waals surface area contributed by atoms with Crippen LogP contribution in [0, 0.1) is 58.2 Å². The first-order valence-corrected chi connectivity index (χ1v) is 17.3. The highest BCUT2D eigenvalue weighted by Gasteiger charge is 2.59. The molecule has 0 aromatic carbocycles. The summed E-state index contributed by atoms with van der Waals surface area (Å²) in [5, 5.41) is 0. The van der Waals surface area contributed by atoms with Gasteiger partial charge in [0.25, 0.3) is 0 Å². The molecule has 9 atom stereocenters. The second kappa shape index (κ2) is 13.6. The normalized spacial score (nSPS) is 36.2. The van der Waals surface area contributed by atoms with Crippen LogP contribution in [0.15, 0.2) is 11.6 Å². The lowest BCUT2D eigenvalue weighted by Gasteiger charge is -2.58. The summed E-state index contributed by atoms with van der Waals surface area (Å²) in [7, 11) is 1.53. The molecule has 4 rings (SSSR count). The Morgan fingerprint density at radius 1 is 0.951 bits per heavy atom. The third-order valence-corrected chi connectivity index (χ3v) is 12.4. The maximum absolute atomic E-state index is 13.3. The van der Waals surface area contributed by atoms with Gasteiger partial charge in [-0.25, -0.2) is 0 Å². The van der Waals surface area contributed by atoms with Crippen molar-refractivity contribution in [2.45, 2.75) is 138 Å². The van der Waals surface area contributed by atoms with Gasteiger partial charge in [-0.2, -0.15) is 0 Å². The molecule has 4 aliphatic carbocycles.